The number of nitrogens with zero attached hydrogens (tertiary/aromatic N) is 3. The lowest BCUT2D eigenvalue weighted by Crippen LogP contribution is -2.51. The number of anilines is 1. The van der Waals surface area contributed by atoms with Crippen LogP contribution < -0.4 is 15.8 Å². The summed E-state index contributed by atoms with van der Waals surface area (Å²) in [5, 5.41) is 13.9. The second-order valence-electron chi connectivity index (χ2n) is 14.8. The topological polar surface area (TPSA) is 113 Å². The quantitative estimate of drug-likeness (QED) is 0.100. The van der Waals surface area contributed by atoms with Crippen LogP contribution in [0.15, 0.2) is 64.0 Å². The van der Waals surface area contributed by atoms with Crippen LogP contribution in [0, 0.1) is 25.5 Å². The summed E-state index contributed by atoms with van der Waals surface area (Å²) >= 11 is 3.23. The van der Waals surface area contributed by atoms with Gasteiger partial charge in [0, 0.05) is 85.0 Å². The fourth-order valence-corrected chi connectivity index (χ4v) is 7.92. The zero-order valence-corrected chi connectivity index (χ0v) is 34.2. The van der Waals surface area contributed by atoms with Crippen molar-refractivity contribution < 1.29 is 50.5 Å². The molecule has 0 spiro atoms. The molecule has 0 radical (unpaired) electrons. The fraction of sp³-hybridized carbons (Fsp3) is 0.405. The molecule has 0 saturated carbocycles. The molecule has 0 aliphatic carbocycles. The van der Waals surface area contributed by atoms with Gasteiger partial charge in [0.05, 0.1) is 30.7 Å². The number of phenolic OH excluding ortho intramolecular Hbond substituents is 1. The predicted octanol–water partition coefficient (Wildman–Crippen LogP) is 7.33. The summed E-state index contributed by atoms with van der Waals surface area (Å²) < 4.78 is 99.9. The van der Waals surface area contributed by atoms with E-state index in [9.17, 15) is 37.1 Å². The Labute approximate surface area is 344 Å². The molecule has 2 fully saturated rings. The van der Waals surface area contributed by atoms with E-state index in [1.165, 1.54) is 31.2 Å². The Balaban J connectivity index is 1.44. The minimum atomic E-state index is -4.98. The highest BCUT2D eigenvalue weighted by Crippen LogP contribution is 2.40. The van der Waals surface area contributed by atoms with Crippen molar-refractivity contribution in [3.05, 3.63) is 115 Å². The first-order chi connectivity index (χ1) is 27.9. The molecule has 2 aliphatic rings. The maximum atomic E-state index is 16.3. The van der Waals surface area contributed by atoms with Gasteiger partial charge >= 0.3 is 12.1 Å². The molecule has 1 amide bonds. The van der Waals surface area contributed by atoms with Gasteiger partial charge in [-0.3, -0.25) is 23.9 Å². The third-order valence-corrected chi connectivity index (χ3v) is 11.1. The van der Waals surface area contributed by atoms with E-state index in [0.29, 0.717) is 40.4 Å². The first kappa shape index (κ1) is 43.7. The largest absolute Gasteiger partial charge is 0.507 e. The summed E-state index contributed by atoms with van der Waals surface area (Å²) in [6.07, 6.45) is -6.16. The average molecular weight is 894 g/mol. The van der Waals surface area contributed by atoms with Crippen LogP contribution in [0.1, 0.15) is 58.8 Å². The Bertz CT molecular complexity index is 2270. The SMILES string of the molecule is CCOC(=O)C[C@H](NC(=O)C(c1cc(Br)ccc1F)n1cc(CCN2CC(F)C2)c(C(F)(F)F)cc1=O)c1cc(-c2c(C)cc(N3CC(OC)C3)cc2O)cc(C)c1F. The van der Waals surface area contributed by atoms with Crippen molar-refractivity contribution in [1.82, 2.24) is 14.8 Å². The van der Waals surface area contributed by atoms with Gasteiger partial charge in [0.2, 0.25) is 5.91 Å². The number of benzene rings is 3. The molecule has 316 valence electrons. The van der Waals surface area contributed by atoms with Crippen molar-refractivity contribution >= 4 is 33.5 Å². The van der Waals surface area contributed by atoms with Crippen molar-refractivity contribution in [3.63, 3.8) is 0 Å². The highest BCUT2D eigenvalue weighted by molar-refractivity contribution is 9.10. The van der Waals surface area contributed by atoms with Crippen LogP contribution in [0.4, 0.5) is 32.0 Å². The van der Waals surface area contributed by atoms with Gasteiger partial charge in [0.1, 0.15) is 29.6 Å². The molecule has 3 aromatic carbocycles. The number of alkyl halides is 4. The second kappa shape index (κ2) is 17.8. The highest BCUT2D eigenvalue weighted by atomic mass is 79.9. The lowest BCUT2D eigenvalue weighted by Gasteiger charge is -2.40. The van der Waals surface area contributed by atoms with Crippen molar-refractivity contribution in [3.8, 4) is 16.9 Å². The maximum absolute atomic E-state index is 16.3. The third kappa shape index (κ3) is 9.62. The van der Waals surface area contributed by atoms with Crippen LogP contribution >= 0.6 is 15.9 Å². The maximum Gasteiger partial charge on any atom is 0.416 e. The Morgan fingerprint density at radius 2 is 1.71 bits per heavy atom. The van der Waals surface area contributed by atoms with Crippen LogP contribution in [0.25, 0.3) is 11.1 Å². The van der Waals surface area contributed by atoms with Crippen molar-refractivity contribution in [1.29, 1.82) is 0 Å². The first-order valence-corrected chi connectivity index (χ1v) is 19.7. The van der Waals surface area contributed by atoms with Gasteiger partial charge in [-0.15, -0.1) is 0 Å². The van der Waals surface area contributed by atoms with Crippen LogP contribution in [-0.4, -0.2) is 85.2 Å². The molecule has 17 heteroatoms. The van der Waals surface area contributed by atoms with Crippen molar-refractivity contribution in [2.45, 2.75) is 64.1 Å². The number of aryl methyl sites for hydroxylation is 2. The second-order valence-corrected chi connectivity index (χ2v) is 15.7. The molecule has 59 heavy (non-hydrogen) atoms. The number of rotatable bonds is 14. The molecule has 2 aliphatic heterocycles. The molecule has 4 aromatic rings. The van der Waals surface area contributed by atoms with Gasteiger partial charge in [0.15, 0.2) is 0 Å². The van der Waals surface area contributed by atoms with Gasteiger partial charge in [-0.25, -0.2) is 13.2 Å². The van der Waals surface area contributed by atoms with E-state index >= 15 is 8.78 Å². The molecule has 0 bridgehead atoms. The number of halogens is 7. The standard InChI is InChI=1S/C42H43BrF6N4O6/c1-5-59-37(56)16-34(31-12-25(10-23(3)39(31)46)38-22(2)11-28(14-35(38)54)52-20-29(21-52)58-4)50-41(57)40(30-13-26(43)6-7-33(30)45)53-17-24(8-9-51-18-27(44)19-51)32(15-36(53)55)42(47,48)49/h6-7,10-15,17,27,29,34,40,54H,5,8-9,16,18-21H2,1-4H3,(H,50,57)/t34-,40?/m0/s1. The van der Waals surface area contributed by atoms with E-state index in [-0.39, 0.29) is 60.1 Å². The smallest absolute Gasteiger partial charge is 0.416 e. The number of amides is 1. The lowest BCUT2D eigenvalue weighted by atomic mass is 9.91. The number of pyridine rings is 1. The highest BCUT2D eigenvalue weighted by Gasteiger charge is 2.38. The number of carbonyl (C=O) groups is 2. The number of carbonyl (C=O) groups excluding carboxylic acids is 2. The Morgan fingerprint density at radius 1 is 1.00 bits per heavy atom. The summed E-state index contributed by atoms with van der Waals surface area (Å²) in [5.74, 6) is -3.96. The summed E-state index contributed by atoms with van der Waals surface area (Å²) in [4.78, 5) is 44.9. The number of phenols is 1. The van der Waals surface area contributed by atoms with E-state index in [1.54, 1.807) is 31.9 Å². The van der Waals surface area contributed by atoms with Gasteiger partial charge in [0.25, 0.3) is 5.56 Å². The molecule has 1 aromatic heterocycles. The van der Waals surface area contributed by atoms with Crippen LogP contribution in [0.2, 0.25) is 0 Å². The number of esters is 1. The van der Waals surface area contributed by atoms with E-state index in [4.69, 9.17) is 9.47 Å². The number of methoxy groups -OCH3 is 1. The Kier molecular flexibility index (Phi) is 13.2. The molecule has 2 N–H and O–H groups in total. The van der Waals surface area contributed by atoms with Gasteiger partial charge in [-0.1, -0.05) is 15.9 Å². The van der Waals surface area contributed by atoms with Gasteiger partial charge < -0.3 is 24.8 Å². The Morgan fingerprint density at radius 3 is 2.34 bits per heavy atom. The number of hydrogen-bond acceptors (Lipinski definition) is 8. The molecule has 2 atom stereocenters. The van der Waals surface area contributed by atoms with Crippen LogP contribution in [-0.2, 0) is 31.7 Å². The number of aromatic hydroxyl groups is 1. The summed E-state index contributed by atoms with van der Waals surface area (Å²) in [6.45, 7) is 5.97. The van der Waals surface area contributed by atoms with Crippen LogP contribution in [0.5, 0.6) is 5.75 Å². The summed E-state index contributed by atoms with van der Waals surface area (Å²) in [7, 11) is 1.62. The number of hydrogen-bond donors (Lipinski definition) is 2. The van der Waals surface area contributed by atoms with E-state index in [0.717, 1.165) is 18.0 Å². The first-order valence-electron chi connectivity index (χ1n) is 18.9. The summed E-state index contributed by atoms with van der Waals surface area (Å²) in [6, 6.07) is 6.57. The third-order valence-electron chi connectivity index (χ3n) is 10.6. The zero-order valence-electron chi connectivity index (χ0n) is 32.6. The number of nitrogens with one attached hydrogen (secondary N) is 1. The molecule has 1 unspecified atom stereocenters. The van der Waals surface area contributed by atoms with Crippen molar-refractivity contribution in [2.75, 3.05) is 51.3 Å². The molecule has 3 heterocycles. The van der Waals surface area contributed by atoms with Crippen molar-refractivity contribution in [2.24, 2.45) is 0 Å². The van der Waals surface area contributed by atoms with Crippen LogP contribution in [0.3, 0.4) is 0 Å². The average Bonchev–Trinajstić information content (AvgIpc) is 3.12. The predicted molar refractivity (Wildman–Crippen MR) is 211 cm³/mol. The lowest BCUT2D eigenvalue weighted by molar-refractivity contribution is -0.144. The minimum absolute atomic E-state index is 0.00465. The normalized spacial score (nSPS) is 16.0. The Hall–Kier alpha value is -4.87. The van der Waals surface area contributed by atoms with E-state index in [1.807, 2.05) is 11.0 Å². The monoisotopic (exact) mass is 892 g/mol. The van der Waals surface area contributed by atoms with E-state index < -0.39 is 76.6 Å². The molecule has 2 saturated heterocycles. The van der Waals surface area contributed by atoms with E-state index in [2.05, 4.69) is 21.2 Å². The number of aromatic nitrogens is 1. The number of ether oxygens (including phenoxy) is 2. The number of likely N-dealkylation sites (tertiary alicyclic amines) is 1. The zero-order chi connectivity index (χ0) is 42.9. The molecular weight excluding hydrogens is 850 g/mol. The minimum Gasteiger partial charge on any atom is -0.507 e. The molecular formula is C42H43BrF6N4O6. The molecule has 10 nitrogen and oxygen atoms in total. The van der Waals surface area contributed by atoms with Gasteiger partial charge in [-0.05, 0) is 85.8 Å². The van der Waals surface area contributed by atoms with Gasteiger partial charge in [-0.2, -0.15) is 13.2 Å². The summed E-state index contributed by atoms with van der Waals surface area (Å²) in [5.41, 5.74) is -1.48. The molecule has 6 rings (SSSR count). The fourth-order valence-electron chi connectivity index (χ4n) is 7.54.